The second-order valence-corrected chi connectivity index (χ2v) is 7.77. The summed E-state index contributed by atoms with van der Waals surface area (Å²) in [6.45, 7) is 7.15. The van der Waals surface area contributed by atoms with Crippen molar-refractivity contribution < 1.29 is 14.3 Å². The standard InChI is InChI=1S/C24H28N2O3/c1-17-7-6-12-26(17)13-14-28-20-10-11-22-21(15-20)23(18(2)25-22)24(27)29-16-19-8-4-3-5-9-19/h3-5,8-11,15,17,25H,6-7,12-14,16H2,1-2H3. The molecule has 152 valence electrons. The molecule has 1 N–H and O–H groups in total. The van der Waals surface area contributed by atoms with Crippen LogP contribution >= 0.6 is 0 Å². The molecular weight excluding hydrogens is 364 g/mol. The maximum atomic E-state index is 12.8. The zero-order valence-electron chi connectivity index (χ0n) is 17.1. The summed E-state index contributed by atoms with van der Waals surface area (Å²) in [7, 11) is 0. The van der Waals surface area contributed by atoms with Gasteiger partial charge in [0.15, 0.2) is 0 Å². The number of H-pyrrole nitrogens is 1. The van der Waals surface area contributed by atoms with E-state index in [9.17, 15) is 4.79 Å². The molecule has 5 nitrogen and oxygen atoms in total. The van der Waals surface area contributed by atoms with Crippen LogP contribution in [0.25, 0.3) is 10.9 Å². The maximum absolute atomic E-state index is 12.8. The largest absolute Gasteiger partial charge is 0.492 e. The van der Waals surface area contributed by atoms with Crippen molar-refractivity contribution in [2.24, 2.45) is 0 Å². The number of hydrogen-bond acceptors (Lipinski definition) is 4. The molecule has 0 saturated carbocycles. The van der Waals surface area contributed by atoms with Gasteiger partial charge < -0.3 is 14.5 Å². The number of aromatic nitrogens is 1. The molecule has 0 spiro atoms. The number of ether oxygens (including phenoxy) is 2. The van der Waals surface area contributed by atoms with Crippen molar-refractivity contribution in [3.8, 4) is 5.75 Å². The summed E-state index contributed by atoms with van der Waals surface area (Å²) in [6, 6.07) is 16.2. The highest BCUT2D eigenvalue weighted by Crippen LogP contribution is 2.27. The first kappa shape index (κ1) is 19.5. The van der Waals surface area contributed by atoms with Crippen LogP contribution in [0.2, 0.25) is 0 Å². The quantitative estimate of drug-likeness (QED) is 0.593. The highest BCUT2D eigenvalue weighted by Gasteiger charge is 2.20. The zero-order chi connectivity index (χ0) is 20.2. The van der Waals surface area contributed by atoms with Gasteiger partial charge in [-0.05, 0) is 57.0 Å². The predicted octanol–water partition coefficient (Wildman–Crippen LogP) is 4.70. The van der Waals surface area contributed by atoms with Crippen LogP contribution in [0.5, 0.6) is 5.75 Å². The van der Waals surface area contributed by atoms with Crippen LogP contribution in [0, 0.1) is 6.92 Å². The second-order valence-electron chi connectivity index (χ2n) is 7.77. The minimum atomic E-state index is -0.319. The molecule has 2 aromatic carbocycles. The number of esters is 1. The van der Waals surface area contributed by atoms with Gasteiger partial charge in [-0.15, -0.1) is 0 Å². The molecule has 2 heterocycles. The van der Waals surface area contributed by atoms with E-state index in [2.05, 4.69) is 16.8 Å². The first-order valence-electron chi connectivity index (χ1n) is 10.3. The van der Waals surface area contributed by atoms with Crippen molar-refractivity contribution in [3.05, 3.63) is 65.4 Å². The average molecular weight is 392 g/mol. The number of benzene rings is 2. The molecule has 1 fully saturated rings. The summed E-state index contributed by atoms with van der Waals surface area (Å²) in [5.74, 6) is 0.459. The summed E-state index contributed by atoms with van der Waals surface area (Å²) in [4.78, 5) is 18.5. The lowest BCUT2D eigenvalue weighted by Crippen LogP contribution is -2.31. The number of rotatable bonds is 7. The molecule has 0 amide bonds. The van der Waals surface area contributed by atoms with Crippen LogP contribution in [0.3, 0.4) is 0 Å². The number of aromatic amines is 1. The highest BCUT2D eigenvalue weighted by molar-refractivity contribution is 6.05. The number of fused-ring (bicyclic) bond motifs is 1. The van der Waals surface area contributed by atoms with Gasteiger partial charge in [-0.3, -0.25) is 4.90 Å². The Balaban J connectivity index is 1.45. The van der Waals surface area contributed by atoms with E-state index in [1.165, 1.54) is 12.8 Å². The smallest absolute Gasteiger partial charge is 0.340 e. The van der Waals surface area contributed by atoms with Crippen molar-refractivity contribution in [2.45, 2.75) is 39.3 Å². The molecule has 0 aliphatic carbocycles. The van der Waals surface area contributed by atoms with Crippen molar-refractivity contribution in [2.75, 3.05) is 19.7 Å². The fraction of sp³-hybridized carbons (Fsp3) is 0.375. The third-order valence-corrected chi connectivity index (χ3v) is 5.71. The summed E-state index contributed by atoms with van der Waals surface area (Å²) < 4.78 is 11.5. The molecule has 5 heteroatoms. The Morgan fingerprint density at radius 3 is 2.79 bits per heavy atom. The third kappa shape index (κ3) is 4.46. The van der Waals surface area contributed by atoms with Crippen molar-refractivity contribution in [3.63, 3.8) is 0 Å². The second kappa shape index (κ2) is 8.70. The number of carbonyl (C=O) groups is 1. The third-order valence-electron chi connectivity index (χ3n) is 5.71. The van der Waals surface area contributed by atoms with Gasteiger partial charge >= 0.3 is 5.97 Å². The molecule has 4 rings (SSSR count). The van der Waals surface area contributed by atoms with E-state index in [1.807, 2.05) is 55.5 Å². The van der Waals surface area contributed by atoms with Gasteiger partial charge in [0.25, 0.3) is 0 Å². The van der Waals surface area contributed by atoms with Gasteiger partial charge in [0.2, 0.25) is 0 Å². The summed E-state index contributed by atoms with van der Waals surface area (Å²) in [5.41, 5.74) is 3.27. The van der Waals surface area contributed by atoms with Crippen LogP contribution in [-0.4, -0.2) is 41.6 Å². The highest BCUT2D eigenvalue weighted by atomic mass is 16.5. The van der Waals surface area contributed by atoms with E-state index >= 15 is 0 Å². The van der Waals surface area contributed by atoms with E-state index in [0.29, 0.717) is 18.2 Å². The predicted molar refractivity (Wildman–Crippen MR) is 114 cm³/mol. The fourth-order valence-electron chi connectivity index (χ4n) is 4.06. The van der Waals surface area contributed by atoms with E-state index in [-0.39, 0.29) is 12.6 Å². The summed E-state index contributed by atoms with van der Waals surface area (Å²) >= 11 is 0. The van der Waals surface area contributed by atoms with Crippen LogP contribution in [0.15, 0.2) is 48.5 Å². The van der Waals surface area contributed by atoms with Gasteiger partial charge in [-0.1, -0.05) is 30.3 Å². The van der Waals surface area contributed by atoms with E-state index in [4.69, 9.17) is 9.47 Å². The molecule has 1 aromatic heterocycles. The van der Waals surface area contributed by atoms with Crippen molar-refractivity contribution in [1.82, 2.24) is 9.88 Å². The summed E-state index contributed by atoms with van der Waals surface area (Å²) in [6.07, 6.45) is 2.53. The van der Waals surface area contributed by atoms with Crippen LogP contribution in [-0.2, 0) is 11.3 Å². The molecule has 3 aromatic rings. The topological polar surface area (TPSA) is 54.6 Å². The molecule has 1 atom stereocenters. The SMILES string of the molecule is Cc1[nH]c2ccc(OCCN3CCCC3C)cc2c1C(=O)OCc1ccccc1. The lowest BCUT2D eigenvalue weighted by molar-refractivity contribution is 0.0474. The van der Waals surface area contributed by atoms with Gasteiger partial charge in [0.1, 0.15) is 19.0 Å². The lowest BCUT2D eigenvalue weighted by atomic mass is 10.1. The molecule has 29 heavy (non-hydrogen) atoms. The monoisotopic (exact) mass is 392 g/mol. The Bertz CT molecular complexity index is 980. The van der Waals surface area contributed by atoms with Gasteiger partial charge in [-0.2, -0.15) is 0 Å². The molecule has 1 aliphatic heterocycles. The lowest BCUT2D eigenvalue weighted by Gasteiger charge is -2.20. The van der Waals surface area contributed by atoms with Crippen molar-refractivity contribution >= 4 is 16.9 Å². The first-order valence-corrected chi connectivity index (χ1v) is 10.3. The van der Waals surface area contributed by atoms with Gasteiger partial charge in [0, 0.05) is 29.2 Å². The van der Waals surface area contributed by atoms with Crippen LogP contribution in [0.1, 0.15) is 41.4 Å². The number of carbonyl (C=O) groups excluding carboxylic acids is 1. The molecule has 1 saturated heterocycles. The normalized spacial score (nSPS) is 17.0. The minimum Gasteiger partial charge on any atom is -0.492 e. The number of nitrogens with zero attached hydrogens (tertiary/aromatic N) is 1. The zero-order valence-corrected chi connectivity index (χ0v) is 17.1. The first-order chi connectivity index (χ1) is 14.1. The molecule has 0 radical (unpaired) electrons. The van der Waals surface area contributed by atoms with Gasteiger partial charge in [0.05, 0.1) is 5.56 Å². The van der Waals surface area contributed by atoms with Gasteiger partial charge in [-0.25, -0.2) is 4.79 Å². The Hall–Kier alpha value is -2.79. The minimum absolute atomic E-state index is 0.260. The van der Waals surface area contributed by atoms with Crippen LogP contribution < -0.4 is 4.74 Å². The van der Waals surface area contributed by atoms with E-state index < -0.39 is 0 Å². The average Bonchev–Trinajstić information content (AvgIpc) is 3.28. The Morgan fingerprint density at radius 2 is 2.03 bits per heavy atom. The Morgan fingerprint density at radius 1 is 1.21 bits per heavy atom. The van der Waals surface area contributed by atoms with Crippen molar-refractivity contribution in [1.29, 1.82) is 0 Å². The molecule has 0 bridgehead atoms. The Kier molecular flexibility index (Phi) is 5.86. The van der Waals surface area contributed by atoms with Crippen LogP contribution in [0.4, 0.5) is 0 Å². The molecular formula is C24H28N2O3. The number of likely N-dealkylation sites (tertiary alicyclic amines) is 1. The fourth-order valence-corrected chi connectivity index (χ4v) is 4.06. The molecule has 1 aliphatic rings. The number of aryl methyl sites for hydroxylation is 1. The number of hydrogen-bond donors (Lipinski definition) is 1. The summed E-state index contributed by atoms with van der Waals surface area (Å²) in [5, 5.41) is 0.840. The Labute approximate surface area is 171 Å². The van der Waals surface area contributed by atoms with E-state index in [0.717, 1.165) is 41.0 Å². The van der Waals surface area contributed by atoms with E-state index in [1.54, 1.807) is 0 Å². The number of nitrogens with one attached hydrogen (secondary N) is 1. The molecule has 1 unspecified atom stereocenters. The maximum Gasteiger partial charge on any atom is 0.340 e.